The van der Waals surface area contributed by atoms with E-state index in [4.69, 9.17) is 0 Å². The third kappa shape index (κ3) is 3.70. The van der Waals surface area contributed by atoms with E-state index in [0.29, 0.717) is 0 Å². The number of rotatable bonds is 5. The van der Waals surface area contributed by atoms with Crippen LogP contribution in [-0.2, 0) is 0 Å². The first-order valence-electron chi connectivity index (χ1n) is 13.9. The summed E-state index contributed by atoms with van der Waals surface area (Å²) in [4.78, 5) is 8.62. The van der Waals surface area contributed by atoms with Crippen molar-refractivity contribution < 1.29 is 0 Å². The smallest absolute Gasteiger partial charge is 0.227 e. The molecule has 0 N–H and O–H groups in total. The number of benzene rings is 5. The summed E-state index contributed by atoms with van der Waals surface area (Å²) >= 11 is 0. The second kappa shape index (κ2) is 9.35. The van der Waals surface area contributed by atoms with E-state index in [9.17, 15) is 0 Å². The molecule has 0 unspecified atom stereocenters. The molecule has 5 aromatic carbocycles. The van der Waals surface area contributed by atoms with Crippen molar-refractivity contribution >= 4 is 56.6 Å². The predicted octanol–water partition coefficient (Wildman–Crippen LogP) is 9.42. The van der Waals surface area contributed by atoms with Crippen LogP contribution in [0.1, 0.15) is 18.1 Å². The number of nitrogens with zero attached hydrogens (tertiary/aromatic N) is 3. The standard InChI is InChI=1S/C38H26N3/c1-2-3-4-7-20-41-37-22-27(36-18-19-40-36)12-14-34(37)35-15-11-26-21-25(10-13-31(26)38(35)41)29-16-17-30(28-23-39-24-28)33-9-6-5-8-32(29)33/h2-24H,1H3/q+1/b3-2-,7-4-,41-20?. The minimum atomic E-state index is 1.03. The first-order chi connectivity index (χ1) is 20.3. The van der Waals surface area contributed by atoms with Gasteiger partial charge in [-0.3, -0.25) is 9.98 Å². The van der Waals surface area contributed by atoms with Crippen molar-refractivity contribution in [3.05, 3.63) is 139 Å². The quantitative estimate of drug-likeness (QED) is 0.159. The molecule has 3 aliphatic heterocycles. The first kappa shape index (κ1) is 23.5. The molecule has 0 aromatic heterocycles. The first-order valence-corrected chi connectivity index (χ1v) is 13.9. The van der Waals surface area contributed by atoms with Gasteiger partial charge < -0.3 is 0 Å². The van der Waals surface area contributed by atoms with Gasteiger partial charge in [0.05, 0.1) is 22.2 Å². The van der Waals surface area contributed by atoms with Gasteiger partial charge >= 0.3 is 0 Å². The highest BCUT2D eigenvalue weighted by Gasteiger charge is 2.34. The summed E-state index contributed by atoms with van der Waals surface area (Å²) in [6.45, 7) is 2.03. The molecule has 0 saturated carbocycles. The van der Waals surface area contributed by atoms with E-state index in [1.54, 1.807) is 0 Å². The Morgan fingerprint density at radius 1 is 0.683 bits per heavy atom. The number of allylic oxidation sites excluding steroid dienone is 6. The Morgan fingerprint density at radius 3 is 2.20 bits per heavy atom. The van der Waals surface area contributed by atoms with E-state index in [0.717, 1.165) is 11.3 Å². The highest BCUT2D eigenvalue weighted by Crippen LogP contribution is 2.49. The van der Waals surface area contributed by atoms with Gasteiger partial charge in [0, 0.05) is 41.9 Å². The molecule has 192 valence electrons. The molecule has 8 rings (SSSR count). The molecule has 0 radical (unpaired) electrons. The topological polar surface area (TPSA) is 27.7 Å². The van der Waals surface area contributed by atoms with Gasteiger partial charge in [-0.1, -0.05) is 72.8 Å². The number of hydrogen-bond donors (Lipinski definition) is 0. The van der Waals surface area contributed by atoms with Gasteiger partial charge in [0.2, 0.25) is 11.4 Å². The van der Waals surface area contributed by atoms with Crippen molar-refractivity contribution in [3.63, 3.8) is 0 Å². The van der Waals surface area contributed by atoms with Crippen molar-refractivity contribution in [2.24, 2.45) is 9.98 Å². The van der Waals surface area contributed by atoms with Crippen LogP contribution in [0.3, 0.4) is 0 Å². The summed E-state index contributed by atoms with van der Waals surface area (Å²) in [6.07, 6.45) is 18.2. The Kier molecular flexibility index (Phi) is 5.36. The molecule has 0 bridgehead atoms. The van der Waals surface area contributed by atoms with Gasteiger partial charge in [0.1, 0.15) is 0 Å². The number of hydrogen-bond acceptors (Lipinski definition) is 2. The molecule has 0 spiro atoms. The lowest BCUT2D eigenvalue weighted by molar-refractivity contribution is 1.15. The van der Waals surface area contributed by atoms with Crippen LogP contribution in [0.2, 0.25) is 0 Å². The highest BCUT2D eigenvalue weighted by molar-refractivity contribution is 6.20. The molecule has 0 saturated heterocycles. The zero-order valence-electron chi connectivity index (χ0n) is 22.6. The summed E-state index contributed by atoms with van der Waals surface area (Å²) in [7, 11) is 0. The molecule has 3 heteroatoms. The van der Waals surface area contributed by atoms with Crippen molar-refractivity contribution in [2.45, 2.75) is 6.92 Å². The van der Waals surface area contributed by atoms with Crippen molar-refractivity contribution in [3.8, 4) is 22.3 Å². The second-order valence-electron chi connectivity index (χ2n) is 10.5. The number of aliphatic imine (C=N–C) groups is 2. The third-order valence-corrected chi connectivity index (χ3v) is 8.14. The fourth-order valence-corrected chi connectivity index (χ4v) is 6.07. The third-order valence-electron chi connectivity index (χ3n) is 8.14. The van der Waals surface area contributed by atoms with Crippen LogP contribution >= 0.6 is 0 Å². The van der Waals surface area contributed by atoms with Gasteiger partial charge in [0.15, 0.2) is 6.21 Å². The monoisotopic (exact) mass is 524 g/mol. The maximum atomic E-state index is 4.43. The molecule has 0 atom stereocenters. The lowest BCUT2D eigenvalue weighted by Crippen LogP contribution is -2.05. The van der Waals surface area contributed by atoms with Crippen LogP contribution in [-0.4, -0.2) is 18.1 Å². The Balaban J connectivity index is 1.29. The Morgan fingerprint density at radius 2 is 1.44 bits per heavy atom. The van der Waals surface area contributed by atoms with Crippen LogP contribution in [0.15, 0.2) is 138 Å². The van der Waals surface area contributed by atoms with E-state index in [1.165, 1.54) is 66.3 Å². The second-order valence-corrected chi connectivity index (χ2v) is 10.5. The molecule has 3 heterocycles. The minimum Gasteiger partial charge on any atom is -0.263 e. The lowest BCUT2D eigenvalue weighted by Gasteiger charge is -2.14. The average Bonchev–Trinajstić information content (AvgIpc) is 3.26. The summed E-state index contributed by atoms with van der Waals surface area (Å²) in [5, 5.41) is 4.96. The molecular formula is C38H26N3+. The zero-order chi connectivity index (χ0) is 27.3. The molecule has 3 aliphatic rings. The molecular weight excluding hydrogens is 498 g/mol. The fourth-order valence-electron chi connectivity index (χ4n) is 6.07. The van der Waals surface area contributed by atoms with Gasteiger partial charge in [-0.25, -0.2) is 0 Å². The van der Waals surface area contributed by atoms with Gasteiger partial charge in [0.25, 0.3) is 0 Å². The molecule has 41 heavy (non-hydrogen) atoms. The highest BCUT2D eigenvalue weighted by atomic mass is 15.0. The number of fused-ring (bicyclic) bond motifs is 6. The Hall–Kier alpha value is -5.41. The van der Waals surface area contributed by atoms with Crippen LogP contribution in [0.25, 0.3) is 49.4 Å². The van der Waals surface area contributed by atoms with E-state index in [1.807, 2.05) is 31.6 Å². The summed E-state index contributed by atoms with van der Waals surface area (Å²) in [5.41, 5.74) is 11.9. The van der Waals surface area contributed by atoms with Gasteiger partial charge in [-0.2, -0.15) is 4.58 Å². The van der Waals surface area contributed by atoms with Gasteiger partial charge in [-0.05, 0) is 70.1 Å². The van der Waals surface area contributed by atoms with Crippen LogP contribution in [0.5, 0.6) is 0 Å². The summed E-state index contributed by atoms with van der Waals surface area (Å²) in [6, 6.07) is 31.2. The van der Waals surface area contributed by atoms with Crippen LogP contribution < -0.4 is 4.58 Å². The van der Waals surface area contributed by atoms with Crippen molar-refractivity contribution in [1.82, 2.24) is 4.58 Å². The molecule has 0 amide bonds. The molecule has 0 fully saturated rings. The van der Waals surface area contributed by atoms with E-state index in [-0.39, 0.29) is 0 Å². The fraction of sp³-hybridized carbons (Fsp3) is 0.0263. The Labute approximate surface area is 238 Å². The van der Waals surface area contributed by atoms with Crippen LogP contribution in [0, 0.1) is 0 Å². The predicted molar refractivity (Wildman–Crippen MR) is 176 cm³/mol. The minimum absolute atomic E-state index is 1.03. The Bertz CT molecular complexity index is 2150. The average molecular weight is 525 g/mol. The maximum Gasteiger partial charge on any atom is 0.227 e. The van der Waals surface area contributed by atoms with Crippen molar-refractivity contribution in [2.75, 3.05) is 0 Å². The lowest BCUT2D eigenvalue weighted by atomic mass is 9.90. The van der Waals surface area contributed by atoms with E-state index in [2.05, 4.69) is 130 Å². The van der Waals surface area contributed by atoms with Crippen molar-refractivity contribution in [1.29, 1.82) is 0 Å². The van der Waals surface area contributed by atoms with Gasteiger partial charge in [-0.15, -0.1) is 0 Å². The maximum absolute atomic E-state index is 4.43. The largest absolute Gasteiger partial charge is 0.263 e. The summed E-state index contributed by atoms with van der Waals surface area (Å²) < 4.78 is 2.33. The SMILES string of the molecule is C/C=C\C=C/C=[N+]1c2cc(C3=NC=C3)ccc2-c2ccc3cc(-c4ccc(C5=CN=C5)c5ccccc45)ccc3c21. The normalized spacial score (nSPS) is 15.9. The summed E-state index contributed by atoms with van der Waals surface area (Å²) in [5.74, 6) is 0. The molecule has 3 nitrogen and oxygen atoms in total. The van der Waals surface area contributed by atoms with E-state index >= 15 is 0 Å². The van der Waals surface area contributed by atoms with Crippen LogP contribution in [0.4, 0.5) is 11.4 Å². The zero-order valence-corrected chi connectivity index (χ0v) is 22.6. The molecule has 5 aromatic rings. The van der Waals surface area contributed by atoms with E-state index < -0.39 is 0 Å². The molecule has 0 aliphatic carbocycles.